The molecule has 0 saturated heterocycles. The molecule has 2 aliphatic carbocycles. The van der Waals surface area contributed by atoms with E-state index >= 15 is 0 Å². The van der Waals surface area contributed by atoms with Crippen molar-refractivity contribution in [2.75, 3.05) is 0 Å². The van der Waals surface area contributed by atoms with Gasteiger partial charge in [-0.3, -0.25) is 4.79 Å². The van der Waals surface area contributed by atoms with Crippen LogP contribution in [0.25, 0.3) is 5.57 Å². The molecule has 0 aliphatic heterocycles. The Balaban J connectivity index is 1.29. The maximum absolute atomic E-state index is 12.7. The Labute approximate surface area is 208 Å². The van der Waals surface area contributed by atoms with Gasteiger partial charge in [0.05, 0.1) is 5.57 Å². The van der Waals surface area contributed by atoms with Crippen LogP contribution in [-0.4, -0.2) is 15.8 Å². The predicted octanol–water partition coefficient (Wildman–Crippen LogP) is 8.97. The van der Waals surface area contributed by atoms with E-state index in [-0.39, 0.29) is 5.78 Å². The Kier molecular flexibility index (Phi) is 12.6. The van der Waals surface area contributed by atoms with Crippen LogP contribution in [0.15, 0.2) is 30.1 Å². The molecule has 3 heteroatoms. The summed E-state index contributed by atoms with van der Waals surface area (Å²) in [5.41, 5.74) is 3.13. The van der Waals surface area contributed by atoms with Gasteiger partial charge in [0.15, 0.2) is 11.6 Å². The van der Waals surface area contributed by atoms with Gasteiger partial charge >= 0.3 is 0 Å². The van der Waals surface area contributed by atoms with Gasteiger partial charge in [-0.2, -0.15) is 0 Å². The van der Waals surface area contributed by atoms with E-state index in [1.165, 1.54) is 120 Å². The van der Waals surface area contributed by atoms with Gasteiger partial charge in [0, 0.05) is 18.8 Å². The van der Waals surface area contributed by atoms with E-state index in [4.69, 9.17) is 0 Å². The summed E-state index contributed by atoms with van der Waals surface area (Å²) < 4.78 is 0. The molecular formula is C31H48N2O. The summed E-state index contributed by atoms with van der Waals surface area (Å²) in [6.07, 6.45) is 33.7. The highest BCUT2D eigenvalue weighted by Crippen LogP contribution is 2.34. The first kappa shape index (κ1) is 26.8. The van der Waals surface area contributed by atoms with Crippen LogP contribution >= 0.6 is 0 Å². The number of aromatic nitrogens is 2. The van der Waals surface area contributed by atoms with Gasteiger partial charge < -0.3 is 0 Å². The topological polar surface area (TPSA) is 42.9 Å². The number of hydrogen-bond acceptors (Lipinski definition) is 3. The van der Waals surface area contributed by atoms with Gasteiger partial charge in [0.25, 0.3) is 0 Å². The van der Waals surface area contributed by atoms with Crippen molar-refractivity contribution in [1.29, 1.82) is 0 Å². The molecule has 0 unspecified atom stereocenters. The number of carbonyl (C=O) groups is 1. The Bertz CT molecular complexity index is 773. The summed E-state index contributed by atoms with van der Waals surface area (Å²) in [6, 6.07) is 0. The van der Waals surface area contributed by atoms with Crippen LogP contribution in [0, 0.1) is 5.92 Å². The highest BCUT2D eigenvalue weighted by atomic mass is 16.1. The van der Waals surface area contributed by atoms with Gasteiger partial charge in [-0.05, 0) is 43.2 Å². The second-order valence-electron chi connectivity index (χ2n) is 10.7. The first-order chi connectivity index (χ1) is 16.8. The molecule has 34 heavy (non-hydrogen) atoms. The molecule has 1 aromatic rings. The number of allylic oxidation sites excluding steroid dienone is 4. The van der Waals surface area contributed by atoms with Gasteiger partial charge in [0.2, 0.25) is 0 Å². The van der Waals surface area contributed by atoms with Crippen molar-refractivity contribution in [1.82, 2.24) is 9.97 Å². The quantitative estimate of drug-likeness (QED) is 0.192. The summed E-state index contributed by atoms with van der Waals surface area (Å²) >= 11 is 0. The molecule has 188 valence electrons. The normalized spacial score (nSPS) is 16.0. The molecule has 0 aromatic carbocycles. The van der Waals surface area contributed by atoms with Crippen LogP contribution < -0.4 is 0 Å². The lowest BCUT2D eigenvalue weighted by Gasteiger charge is -2.13. The van der Waals surface area contributed by atoms with Crippen LogP contribution in [0.4, 0.5) is 0 Å². The smallest absolute Gasteiger partial charge is 0.170 e. The Hall–Kier alpha value is -1.77. The van der Waals surface area contributed by atoms with E-state index in [1.54, 1.807) is 0 Å². The number of carbonyl (C=O) groups excluding carboxylic acids is 1. The number of Topliss-reactive ketones (excluding diaryl/α,β-unsaturated/α-hetero) is 1. The average molecular weight is 465 g/mol. The maximum atomic E-state index is 12.7. The summed E-state index contributed by atoms with van der Waals surface area (Å²) in [6.45, 7) is 2.26. The minimum Gasteiger partial charge on any atom is -0.294 e. The maximum Gasteiger partial charge on any atom is 0.170 e. The molecule has 0 spiro atoms. The monoisotopic (exact) mass is 464 g/mol. The third-order valence-electron chi connectivity index (χ3n) is 7.50. The molecule has 0 amide bonds. The van der Waals surface area contributed by atoms with Crippen molar-refractivity contribution in [2.24, 2.45) is 5.92 Å². The van der Waals surface area contributed by atoms with Crippen molar-refractivity contribution in [3.63, 3.8) is 0 Å². The van der Waals surface area contributed by atoms with E-state index in [2.05, 4.69) is 23.0 Å². The van der Waals surface area contributed by atoms with E-state index in [9.17, 15) is 4.79 Å². The number of unbranched alkanes of at least 4 members (excludes halogenated alkanes) is 12. The van der Waals surface area contributed by atoms with E-state index in [0.717, 1.165) is 18.8 Å². The molecule has 3 nitrogen and oxygen atoms in total. The molecule has 0 bridgehead atoms. The van der Waals surface area contributed by atoms with Crippen molar-refractivity contribution in [3.05, 3.63) is 41.5 Å². The zero-order valence-electron chi connectivity index (χ0n) is 21.8. The Morgan fingerprint density at radius 2 is 1.32 bits per heavy atom. The van der Waals surface area contributed by atoms with Gasteiger partial charge in [0.1, 0.15) is 0 Å². The largest absolute Gasteiger partial charge is 0.294 e. The lowest BCUT2D eigenvalue weighted by atomic mass is 9.93. The van der Waals surface area contributed by atoms with Crippen molar-refractivity contribution >= 4 is 11.4 Å². The van der Waals surface area contributed by atoms with Crippen LogP contribution in [0.5, 0.6) is 0 Å². The third kappa shape index (κ3) is 10.7. The Morgan fingerprint density at radius 1 is 0.735 bits per heavy atom. The molecule has 1 saturated carbocycles. The number of ketones is 1. The van der Waals surface area contributed by atoms with E-state index < -0.39 is 0 Å². The summed E-state index contributed by atoms with van der Waals surface area (Å²) in [7, 11) is 0. The predicted molar refractivity (Wildman–Crippen MR) is 144 cm³/mol. The fourth-order valence-corrected chi connectivity index (χ4v) is 5.01. The second kappa shape index (κ2) is 16.0. The van der Waals surface area contributed by atoms with Gasteiger partial charge in [-0.1, -0.05) is 115 Å². The minimum atomic E-state index is 0.174. The van der Waals surface area contributed by atoms with Crippen LogP contribution in [0.3, 0.4) is 0 Å². The third-order valence-corrected chi connectivity index (χ3v) is 7.50. The lowest BCUT2D eigenvalue weighted by Crippen LogP contribution is -2.10. The fraction of sp³-hybridized carbons (Fsp3) is 0.710. The summed E-state index contributed by atoms with van der Waals surface area (Å²) in [5, 5.41) is 0. The summed E-state index contributed by atoms with van der Waals surface area (Å²) in [4.78, 5) is 21.7. The molecule has 2 aliphatic rings. The molecule has 0 radical (unpaired) electrons. The molecule has 3 rings (SSSR count). The van der Waals surface area contributed by atoms with Crippen LogP contribution in [0.2, 0.25) is 0 Å². The summed E-state index contributed by atoms with van der Waals surface area (Å²) in [5.74, 6) is 1.85. The van der Waals surface area contributed by atoms with Gasteiger partial charge in [-0.25, -0.2) is 9.97 Å². The average Bonchev–Trinajstić information content (AvgIpc) is 3.67. The van der Waals surface area contributed by atoms with Crippen LogP contribution in [0.1, 0.15) is 140 Å². The van der Waals surface area contributed by atoms with Crippen molar-refractivity contribution in [3.8, 4) is 0 Å². The number of rotatable bonds is 19. The first-order valence-corrected chi connectivity index (χ1v) is 14.5. The zero-order valence-corrected chi connectivity index (χ0v) is 21.8. The SMILES string of the molecule is CCCCCCCCCc1cnc(C2=CC=C(CCCCCCCCCC3CC3)CC2=O)nc1. The molecule has 1 fully saturated rings. The molecule has 1 heterocycles. The van der Waals surface area contributed by atoms with Crippen molar-refractivity contribution in [2.45, 2.75) is 135 Å². The minimum absolute atomic E-state index is 0.174. The highest BCUT2D eigenvalue weighted by molar-refractivity contribution is 6.21. The van der Waals surface area contributed by atoms with E-state index in [1.807, 2.05) is 18.5 Å². The standard InChI is InChI=1S/C31H48N2O/c1-2-3-4-5-7-12-15-18-28-24-32-31(33-25-28)29-22-21-27(23-30(29)34)17-14-11-9-6-8-10-13-16-26-19-20-26/h21-22,24-26H,2-20,23H2,1H3. The zero-order chi connectivity index (χ0) is 23.8. The van der Waals surface area contributed by atoms with E-state index in [0.29, 0.717) is 17.8 Å². The molecular weight excluding hydrogens is 416 g/mol. The lowest BCUT2D eigenvalue weighted by molar-refractivity contribution is -0.113. The van der Waals surface area contributed by atoms with Crippen LogP contribution in [-0.2, 0) is 11.2 Å². The molecule has 1 aromatic heterocycles. The first-order valence-electron chi connectivity index (χ1n) is 14.5. The molecule has 0 N–H and O–H groups in total. The van der Waals surface area contributed by atoms with Gasteiger partial charge in [-0.15, -0.1) is 0 Å². The number of hydrogen-bond donors (Lipinski definition) is 0. The highest BCUT2D eigenvalue weighted by Gasteiger charge is 2.20. The second-order valence-corrected chi connectivity index (χ2v) is 10.7. The fourth-order valence-electron chi connectivity index (χ4n) is 5.01. The Morgan fingerprint density at radius 3 is 1.94 bits per heavy atom. The van der Waals surface area contributed by atoms with Crippen molar-refractivity contribution < 1.29 is 4.79 Å². The number of aryl methyl sites for hydroxylation is 1. The molecule has 0 atom stereocenters. The number of nitrogens with zero attached hydrogens (tertiary/aromatic N) is 2.